The first-order valence-electron chi connectivity index (χ1n) is 6.49. The van der Waals surface area contributed by atoms with Crippen LogP contribution in [0.1, 0.15) is 25.7 Å². The van der Waals surface area contributed by atoms with Crippen molar-refractivity contribution in [2.24, 2.45) is 5.73 Å². The smallest absolute Gasteiger partial charge is 0.237 e. The van der Waals surface area contributed by atoms with Crippen LogP contribution in [0.2, 0.25) is 0 Å². The number of rotatable bonds is 6. The molecular weight excluding hydrogens is 234 g/mol. The maximum atomic E-state index is 11.8. The first-order chi connectivity index (χ1) is 8.20. The van der Waals surface area contributed by atoms with Crippen LogP contribution in [0, 0.1) is 0 Å². The highest BCUT2D eigenvalue weighted by Gasteiger charge is 2.35. The van der Waals surface area contributed by atoms with Crippen LogP contribution < -0.4 is 11.1 Å². The van der Waals surface area contributed by atoms with Crippen molar-refractivity contribution in [3.63, 3.8) is 0 Å². The van der Waals surface area contributed by atoms with Crippen molar-refractivity contribution in [3.8, 4) is 0 Å². The van der Waals surface area contributed by atoms with E-state index in [4.69, 9.17) is 5.73 Å². The lowest BCUT2D eigenvalue weighted by Crippen LogP contribution is -2.46. The monoisotopic (exact) mass is 257 g/mol. The van der Waals surface area contributed by atoms with Crippen molar-refractivity contribution >= 4 is 17.7 Å². The van der Waals surface area contributed by atoms with Crippen molar-refractivity contribution in [1.29, 1.82) is 0 Å². The Morgan fingerprint density at radius 2 is 2.29 bits per heavy atom. The molecule has 0 spiro atoms. The summed E-state index contributed by atoms with van der Waals surface area (Å²) in [5, 5.41) is 3.09. The van der Waals surface area contributed by atoms with Crippen molar-refractivity contribution in [1.82, 2.24) is 10.2 Å². The summed E-state index contributed by atoms with van der Waals surface area (Å²) in [6.07, 6.45) is 6.57. The zero-order valence-electron chi connectivity index (χ0n) is 10.5. The number of hydrogen-bond donors (Lipinski definition) is 2. The predicted molar refractivity (Wildman–Crippen MR) is 72.1 cm³/mol. The molecule has 1 heterocycles. The average molecular weight is 257 g/mol. The fourth-order valence-corrected chi connectivity index (χ4v) is 2.85. The molecule has 0 radical (unpaired) electrons. The van der Waals surface area contributed by atoms with Gasteiger partial charge in [0.25, 0.3) is 0 Å². The SMILES string of the molecule is CSCC[C@@H](N)C(=O)NC1CCN(C2CC2)C1. The lowest BCUT2D eigenvalue weighted by atomic mass is 10.2. The van der Waals surface area contributed by atoms with Crippen LogP contribution in [0.25, 0.3) is 0 Å². The van der Waals surface area contributed by atoms with Crippen molar-refractivity contribution in [3.05, 3.63) is 0 Å². The summed E-state index contributed by atoms with van der Waals surface area (Å²) in [5.74, 6) is 0.981. The van der Waals surface area contributed by atoms with E-state index in [9.17, 15) is 4.79 Å². The molecule has 1 saturated carbocycles. The molecule has 2 fully saturated rings. The van der Waals surface area contributed by atoms with Crippen molar-refractivity contribution in [2.45, 2.75) is 43.8 Å². The zero-order chi connectivity index (χ0) is 12.3. The van der Waals surface area contributed by atoms with E-state index in [1.54, 1.807) is 11.8 Å². The second-order valence-corrected chi connectivity index (χ2v) is 6.09. The summed E-state index contributed by atoms with van der Waals surface area (Å²) in [6.45, 7) is 2.15. The average Bonchev–Trinajstić information content (AvgIpc) is 3.07. The number of carbonyl (C=O) groups excluding carboxylic acids is 1. The number of carbonyl (C=O) groups is 1. The summed E-state index contributed by atoms with van der Waals surface area (Å²) in [5.41, 5.74) is 5.85. The number of thioether (sulfide) groups is 1. The minimum Gasteiger partial charge on any atom is -0.351 e. The Morgan fingerprint density at radius 1 is 1.53 bits per heavy atom. The van der Waals surface area contributed by atoms with Gasteiger partial charge in [0.1, 0.15) is 0 Å². The highest BCUT2D eigenvalue weighted by molar-refractivity contribution is 7.98. The Kier molecular flexibility index (Phi) is 4.70. The topological polar surface area (TPSA) is 58.4 Å². The van der Waals surface area contributed by atoms with Gasteiger partial charge in [-0.05, 0) is 37.7 Å². The molecule has 1 amide bonds. The van der Waals surface area contributed by atoms with Crippen LogP contribution in [-0.2, 0) is 4.79 Å². The summed E-state index contributed by atoms with van der Waals surface area (Å²) in [6, 6.07) is 0.794. The molecule has 1 aliphatic carbocycles. The number of nitrogens with one attached hydrogen (secondary N) is 1. The van der Waals surface area contributed by atoms with Crippen LogP contribution in [0.5, 0.6) is 0 Å². The Hall–Kier alpha value is -0.260. The molecule has 2 rings (SSSR count). The second kappa shape index (κ2) is 6.07. The lowest BCUT2D eigenvalue weighted by molar-refractivity contribution is -0.123. The molecule has 3 N–H and O–H groups in total. The standard InChI is InChI=1S/C12H23N3OS/c1-17-7-5-11(13)12(16)14-9-4-6-15(8-9)10-2-3-10/h9-11H,2-8,13H2,1H3,(H,14,16)/t9?,11-/m1/s1. The molecule has 17 heavy (non-hydrogen) atoms. The van der Waals surface area contributed by atoms with Gasteiger partial charge in [-0.15, -0.1) is 0 Å². The molecular formula is C12H23N3OS. The molecule has 1 aliphatic heterocycles. The number of likely N-dealkylation sites (tertiary alicyclic amines) is 1. The van der Waals surface area contributed by atoms with Gasteiger partial charge in [-0.3, -0.25) is 9.69 Å². The number of nitrogens with two attached hydrogens (primary N) is 1. The van der Waals surface area contributed by atoms with Gasteiger partial charge in [0.15, 0.2) is 0 Å². The quantitative estimate of drug-likeness (QED) is 0.724. The van der Waals surface area contributed by atoms with E-state index in [0.29, 0.717) is 6.04 Å². The van der Waals surface area contributed by atoms with Gasteiger partial charge >= 0.3 is 0 Å². The van der Waals surface area contributed by atoms with Crippen LogP contribution in [0.15, 0.2) is 0 Å². The molecule has 4 nitrogen and oxygen atoms in total. The van der Waals surface area contributed by atoms with E-state index in [1.165, 1.54) is 12.8 Å². The summed E-state index contributed by atoms with van der Waals surface area (Å²) in [4.78, 5) is 14.3. The third-order valence-corrected chi connectivity index (χ3v) is 4.24. The Bertz CT molecular complexity index is 270. The Labute approximate surface area is 108 Å². The second-order valence-electron chi connectivity index (χ2n) is 5.11. The largest absolute Gasteiger partial charge is 0.351 e. The third kappa shape index (κ3) is 3.86. The van der Waals surface area contributed by atoms with Crippen molar-refractivity contribution in [2.75, 3.05) is 25.1 Å². The minimum absolute atomic E-state index is 0.0293. The van der Waals surface area contributed by atoms with Gasteiger partial charge in [-0.2, -0.15) is 11.8 Å². The minimum atomic E-state index is -0.336. The van der Waals surface area contributed by atoms with Gasteiger partial charge in [-0.1, -0.05) is 0 Å². The molecule has 1 unspecified atom stereocenters. The molecule has 0 aromatic carbocycles. The molecule has 2 aliphatic rings. The van der Waals surface area contributed by atoms with Crippen LogP contribution in [-0.4, -0.2) is 54.0 Å². The van der Waals surface area contributed by atoms with Gasteiger partial charge in [-0.25, -0.2) is 0 Å². The lowest BCUT2D eigenvalue weighted by Gasteiger charge is -2.18. The molecule has 0 aromatic rings. The Morgan fingerprint density at radius 3 is 2.94 bits per heavy atom. The Balaban J connectivity index is 1.67. The van der Waals surface area contributed by atoms with Gasteiger partial charge in [0, 0.05) is 25.2 Å². The first-order valence-corrected chi connectivity index (χ1v) is 7.89. The number of amides is 1. The van der Waals surface area contributed by atoms with E-state index in [1.807, 2.05) is 6.26 Å². The maximum Gasteiger partial charge on any atom is 0.237 e. The maximum absolute atomic E-state index is 11.8. The summed E-state index contributed by atoms with van der Waals surface area (Å²) < 4.78 is 0. The summed E-state index contributed by atoms with van der Waals surface area (Å²) >= 11 is 1.73. The zero-order valence-corrected chi connectivity index (χ0v) is 11.3. The van der Waals surface area contributed by atoms with E-state index in [-0.39, 0.29) is 11.9 Å². The molecule has 2 atom stereocenters. The highest BCUT2D eigenvalue weighted by Crippen LogP contribution is 2.29. The van der Waals surface area contributed by atoms with E-state index < -0.39 is 0 Å². The van der Waals surface area contributed by atoms with E-state index >= 15 is 0 Å². The number of nitrogens with zero attached hydrogens (tertiary/aromatic N) is 1. The molecule has 1 saturated heterocycles. The highest BCUT2D eigenvalue weighted by atomic mass is 32.2. The normalized spacial score (nSPS) is 27.1. The number of hydrogen-bond acceptors (Lipinski definition) is 4. The van der Waals surface area contributed by atoms with Crippen LogP contribution in [0.3, 0.4) is 0 Å². The van der Waals surface area contributed by atoms with E-state index in [0.717, 1.165) is 37.7 Å². The van der Waals surface area contributed by atoms with Gasteiger partial charge < -0.3 is 11.1 Å². The van der Waals surface area contributed by atoms with Crippen LogP contribution >= 0.6 is 11.8 Å². The fraction of sp³-hybridized carbons (Fsp3) is 0.917. The predicted octanol–water partition coefficient (Wildman–Crippen LogP) is 0.420. The van der Waals surface area contributed by atoms with Crippen LogP contribution in [0.4, 0.5) is 0 Å². The molecule has 0 bridgehead atoms. The first kappa shape index (κ1) is 13.2. The van der Waals surface area contributed by atoms with Gasteiger partial charge in [0.2, 0.25) is 5.91 Å². The van der Waals surface area contributed by atoms with Crippen molar-refractivity contribution < 1.29 is 4.79 Å². The molecule has 98 valence electrons. The summed E-state index contributed by atoms with van der Waals surface area (Å²) in [7, 11) is 0. The van der Waals surface area contributed by atoms with E-state index in [2.05, 4.69) is 10.2 Å². The van der Waals surface area contributed by atoms with Gasteiger partial charge in [0.05, 0.1) is 6.04 Å². The fourth-order valence-electron chi connectivity index (χ4n) is 2.36. The molecule has 5 heteroatoms. The third-order valence-electron chi connectivity index (χ3n) is 3.60. The molecule has 0 aromatic heterocycles.